The number of aromatic amines is 1. The van der Waals surface area contributed by atoms with Gasteiger partial charge in [-0.15, -0.1) is 0 Å². The second-order valence-corrected chi connectivity index (χ2v) is 6.46. The second kappa shape index (κ2) is 7.03. The number of urea groups is 1. The number of carbonyl (C=O) groups excluding carboxylic acids is 1. The Bertz CT molecular complexity index is 1170. The molecular weight excluding hydrogens is 357 g/mol. The number of rotatable bonds is 3. The van der Waals surface area contributed by atoms with E-state index >= 15 is 0 Å². The Morgan fingerprint density at radius 2 is 1.79 bits per heavy atom. The summed E-state index contributed by atoms with van der Waals surface area (Å²) < 4.78 is 13.2. The number of aromatic nitrogens is 2. The van der Waals surface area contributed by atoms with Crippen LogP contribution in [0.3, 0.4) is 0 Å². The lowest BCUT2D eigenvalue weighted by Gasteiger charge is -2.10. The number of fused-ring (bicyclic) bond motifs is 1. The number of nitrogens with one attached hydrogen (secondary N) is 3. The van der Waals surface area contributed by atoms with Crippen LogP contribution in [0.2, 0.25) is 0 Å². The van der Waals surface area contributed by atoms with E-state index in [1.807, 2.05) is 31.2 Å². The van der Waals surface area contributed by atoms with Gasteiger partial charge in [-0.05, 0) is 53.9 Å². The fourth-order valence-corrected chi connectivity index (χ4v) is 3.12. The van der Waals surface area contributed by atoms with Gasteiger partial charge >= 0.3 is 6.03 Å². The Labute approximate surface area is 160 Å². The van der Waals surface area contributed by atoms with Crippen molar-refractivity contribution in [3.63, 3.8) is 0 Å². The Kier molecular flexibility index (Phi) is 4.41. The topological polar surface area (TPSA) is 95.8 Å². The van der Waals surface area contributed by atoms with Gasteiger partial charge in [0.05, 0.1) is 10.9 Å². The molecule has 3 aromatic carbocycles. The third-order valence-electron chi connectivity index (χ3n) is 4.49. The van der Waals surface area contributed by atoms with E-state index in [0.717, 1.165) is 27.6 Å². The Morgan fingerprint density at radius 3 is 2.54 bits per heavy atom. The minimum Gasteiger partial charge on any atom is -0.382 e. The van der Waals surface area contributed by atoms with Crippen molar-refractivity contribution in [2.45, 2.75) is 6.92 Å². The van der Waals surface area contributed by atoms with Gasteiger partial charge in [-0.2, -0.15) is 5.10 Å². The first-order chi connectivity index (χ1) is 13.5. The molecule has 0 atom stereocenters. The zero-order valence-electron chi connectivity index (χ0n) is 15.1. The largest absolute Gasteiger partial charge is 0.382 e. The van der Waals surface area contributed by atoms with Crippen LogP contribution in [0.4, 0.5) is 26.4 Å². The number of anilines is 3. The van der Waals surface area contributed by atoms with Gasteiger partial charge in [-0.25, -0.2) is 9.18 Å². The predicted molar refractivity (Wildman–Crippen MR) is 110 cm³/mol. The number of nitrogen functional groups attached to an aromatic ring is 1. The number of carbonyl (C=O) groups is 1. The summed E-state index contributed by atoms with van der Waals surface area (Å²) in [5.74, 6) is 0.0375. The molecule has 7 heteroatoms. The molecule has 4 rings (SSSR count). The lowest BCUT2D eigenvalue weighted by Crippen LogP contribution is -2.19. The van der Waals surface area contributed by atoms with Gasteiger partial charge < -0.3 is 16.4 Å². The summed E-state index contributed by atoms with van der Waals surface area (Å²) in [7, 11) is 0. The van der Waals surface area contributed by atoms with Crippen LogP contribution in [0.1, 0.15) is 5.56 Å². The predicted octanol–water partition coefficient (Wildman–Crippen LogP) is 4.90. The first-order valence-corrected chi connectivity index (χ1v) is 8.68. The first kappa shape index (κ1) is 17.5. The lowest BCUT2D eigenvalue weighted by atomic mass is 9.99. The molecule has 0 aliphatic rings. The Balaban J connectivity index is 1.54. The van der Waals surface area contributed by atoms with Crippen LogP contribution in [0.5, 0.6) is 0 Å². The van der Waals surface area contributed by atoms with Crippen LogP contribution in [-0.2, 0) is 0 Å². The van der Waals surface area contributed by atoms with Crippen molar-refractivity contribution in [1.29, 1.82) is 0 Å². The van der Waals surface area contributed by atoms with Gasteiger partial charge in [0.1, 0.15) is 5.82 Å². The highest BCUT2D eigenvalue weighted by Crippen LogP contribution is 2.33. The molecule has 1 heterocycles. The van der Waals surface area contributed by atoms with Crippen LogP contribution in [-0.4, -0.2) is 16.2 Å². The fourth-order valence-electron chi connectivity index (χ4n) is 3.12. The summed E-state index contributed by atoms with van der Waals surface area (Å²) in [6.45, 7) is 1.99. The first-order valence-electron chi connectivity index (χ1n) is 8.68. The van der Waals surface area contributed by atoms with Crippen LogP contribution < -0.4 is 16.4 Å². The van der Waals surface area contributed by atoms with Crippen LogP contribution in [0.15, 0.2) is 60.7 Å². The van der Waals surface area contributed by atoms with Gasteiger partial charge in [0.25, 0.3) is 0 Å². The summed E-state index contributed by atoms with van der Waals surface area (Å²) in [4.78, 5) is 12.1. The molecule has 0 aliphatic heterocycles. The van der Waals surface area contributed by atoms with Gasteiger partial charge in [-0.3, -0.25) is 5.10 Å². The third kappa shape index (κ3) is 3.37. The molecule has 0 aliphatic carbocycles. The van der Waals surface area contributed by atoms with E-state index in [-0.39, 0.29) is 0 Å². The number of aryl methyl sites for hydroxylation is 1. The average molecular weight is 375 g/mol. The molecule has 2 amide bonds. The molecule has 5 N–H and O–H groups in total. The maximum Gasteiger partial charge on any atom is 0.323 e. The normalized spacial score (nSPS) is 10.8. The lowest BCUT2D eigenvalue weighted by molar-refractivity contribution is 0.262. The van der Waals surface area contributed by atoms with Crippen molar-refractivity contribution < 1.29 is 9.18 Å². The highest BCUT2D eigenvalue weighted by atomic mass is 19.1. The Morgan fingerprint density at radius 1 is 1.04 bits per heavy atom. The van der Waals surface area contributed by atoms with Crippen molar-refractivity contribution >= 4 is 34.1 Å². The number of nitrogens with two attached hydrogens (primary N) is 1. The summed E-state index contributed by atoms with van der Waals surface area (Å²) in [6.07, 6.45) is 0. The van der Waals surface area contributed by atoms with Gasteiger partial charge in [0, 0.05) is 11.4 Å². The maximum absolute atomic E-state index is 13.2. The molecule has 0 spiro atoms. The van der Waals surface area contributed by atoms with E-state index in [9.17, 15) is 9.18 Å². The molecule has 0 radical (unpaired) electrons. The fraction of sp³-hybridized carbons (Fsp3) is 0.0476. The molecule has 140 valence electrons. The van der Waals surface area contributed by atoms with Gasteiger partial charge in [0.2, 0.25) is 0 Å². The van der Waals surface area contributed by atoms with Crippen molar-refractivity contribution in [2.75, 3.05) is 16.4 Å². The molecule has 0 bridgehead atoms. The van der Waals surface area contributed by atoms with Crippen molar-refractivity contribution in [3.05, 3.63) is 72.0 Å². The summed E-state index contributed by atoms with van der Waals surface area (Å²) in [5.41, 5.74) is 10.9. The van der Waals surface area contributed by atoms with Crippen LogP contribution >= 0.6 is 0 Å². The van der Waals surface area contributed by atoms with E-state index < -0.39 is 11.8 Å². The zero-order chi connectivity index (χ0) is 19.7. The Hall–Kier alpha value is -3.87. The average Bonchev–Trinajstić information content (AvgIpc) is 3.06. The number of hydrogen-bond acceptors (Lipinski definition) is 3. The molecule has 28 heavy (non-hydrogen) atoms. The molecular formula is C21H18FN5O. The molecule has 0 unspecified atom stereocenters. The molecule has 0 saturated carbocycles. The molecule has 6 nitrogen and oxygen atoms in total. The van der Waals surface area contributed by atoms with E-state index in [2.05, 4.69) is 20.8 Å². The quantitative estimate of drug-likeness (QED) is 0.410. The van der Waals surface area contributed by atoms with E-state index in [1.54, 1.807) is 18.2 Å². The number of H-pyrrole nitrogens is 1. The van der Waals surface area contributed by atoms with E-state index in [4.69, 9.17) is 5.73 Å². The molecule has 4 aromatic rings. The minimum absolute atomic E-state index is 0.381. The van der Waals surface area contributed by atoms with E-state index in [0.29, 0.717) is 17.2 Å². The highest BCUT2D eigenvalue weighted by molar-refractivity contribution is 6.03. The minimum atomic E-state index is -0.449. The monoisotopic (exact) mass is 375 g/mol. The van der Waals surface area contributed by atoms with Gasteiger partial charge in [-0.1, -0.05) is 30.3 Å². The van der Waals surface area contributed by atoms with Crippen LogP contribution in [0.25, 0.3) is 22.0 Å². The number of amides is 2. The zero-order valence-corrected chi connectivity index (χ0v) is 15.1. The summed E-state index contributed by atoms with van der Waals surface area (Å²) in [6, 6.07) is 16.7. The number of nitrogens with zero attached hydrogens (tertiary/aromatic N) is 1. The highest BCUT2D eigenvalue weighted by Gasteiger charge is 2.12. The summed E-state index contributed by atoms with van der Waals surface area (Å²) >= 11 is 0. The van der Waals surface area contributed by atoms with Gasteiger partial charge in [0.15, 0.2) is 5.82 Å². The third-order valence-corrected chi connectivity index (χ3v) is 4.49. The molecule has 0 saturated heterocycles. The molecule has 1 aromatic heterocycles. The molecule has 0 fully saturated rings. The maximum atomic E-state index is 13.2. The smallest absolute Gasteiger partial charge is 0.323 e. The number of benzene rings is 3. The second-order valence-electron chi connectivity index (χ2n) is 6.46. The summed E-state index contributed by atoms with van der Waals surface area (Å²) in [5, 5.41) is 13.3. The number of hydrogen-bond donors (Lipinski definition) is 4. The standard InChI is InChI=1S/C21H18FN5O/c1-12-5-10-17(18-19(12)26-27-20(18)23)13-6-8-15(9-7-13)24-21(28)25-16-4-2-3-14(22)11-16/h2-11H,1H3,(H3,23,26,27)(H2,24,25,28). The van der Waals surface area contributed by atoms with E-state index in [1.165, 1.54) is 18.2 Å². The van der Waals surface area contributed by atoms with Crippen molar-refractivity contribution in [2.24, 2.45) is 0 Å². The van der Waals surface area contributed by atoms with Crippen molar-refractivity contribution in [3.8, 4) is 11.1 Å². The van der Waals surface area contributed by atoms with Crippen molar-refractivity contribution in [1.82, 2.24) is 10.2 Å². The SMILES string of the molecule is Cc1ccc(-c2ccc(NC(=O)Nc3cccc(F)c3)cc2)c2c(N)n[nH]c12. The van der Waals surface area contributed by atoms with Crippen LogP contribution in [0, 0.1) is 12.7 Å². The number of halogens is 1.